The second-order valence-corrected chi connectivity index (χ2v) is 4.56. The van der Waals surface area contributed by atoms with Crippen LogP contribution in [0.2, 0.25) is 0 Å². The molecule has 14 heavy (non-hydrogen) atoms. The van der Waals surface area contributed by atoms with Gasteiger partial charge in [0, 0.05) is 23.7 Å². The summed E-state index contributed by atoms with van der Waals surface area (Å²) in [5.41, 5.74) is 8.01. The van der Waals surface area contributed by atoms with Crippen LogP contribution in [-0.2, 0) is 0 Å². The predicted octanol–water partition coefficient (Wildman–Crippen LogP) is 1.88. The maximum absolute atomic E-state index is 5.69. The first-order chi connectivity index (χ1) is 6.83. The molecule has 3 N–H and O–H groups in total. The maximum Gasteiger partial charge on any atom is 0.0314 e. The monoisotopic (exact) mass is 188 g/mol. The van der Waals surface area contributed by atoms with Crippen molar-refractivity contribution < 1.29 is 0 Å². The largest absolute Gasteiger partial charge is 0.399 e. The summed E-state index contributed by atoms with van der Waals surface area (Å²) in [6.45, 7) is 0. The molecule has 74 valence electrons. The van der Waals surface area contributed by atoms with Crippen molar-refractivity contribution in [2.75, 3.05) is 5.73 Å². The molecular weight excluding hydrogens is 172 g/mol. The first-order valence-electron chi connectivity index (χ1n) is 5.44. The molecule has 0 aromatic heterocycles. The second kappa shape index (κ2) is 2.99. The molecule has 0 amide bonds. The van der Waals surface area contributed by atoms with Crippen LogP contribution in [0.1, 0.15) is 30.7 Å². The molecule has 3 atom stereocenters. The minimum atomic E-state index is 0.726. The van der Waals surface area contributed by atoms with E-state index in [0.717, 1.165) is 23.7 Å². The van der Waals surface area contributed by atoms with Gasteiger partial charge in [0.2, 0.25) is 0 Å². The number of fused-ring (bicyclic) bond motifs is 2. The van der Waals surface area contributed by atoms with Crippen molar-refractivity contribution in [2.45, 2.75) is 37.3 Å². The van der Waals surface area contributed by atoms with E-state index < -0.39 is 0 Å². The summed E-state index contributed by atoms with van der Waals surface area (Å²) in [6, 6.07) is 9.90. The summed E-state index contributed by atoms with van der Waals surface area (Å²) in [4.78, 5) is 0. The van der Waals surface area contributed by atoms with E-state index in [4.69, 9.17) is 5.73 Å². The summed E-state index contributed by atoms with van der Waals surface area (Å²) < 4.78 is 0. The highest BCUT2D eigenvalue weighted by Crippen LogP contribution is 2.39. The molecule has 2 heterocycles. The Kier molecular flexibility index (Phi) is 1.77. The first-order valence-corrected chi connectivity index (χ1v) is 5.44. The Bertz CT molecular complexity index is 331. The van der Waals surface area contributed by atoms with Gasteiger partial charge in [-0.2, -0.15) is 0 Å². The van der Waals surface area contributed by atoms with Crippen LogP contribution in [0.5, 0.6) is 0 Å². The molecule has 0 aliphatic carbocycles. The number of anilines is 1. The zero-order valence-corrected chi connectivity index (χ0v) is 8.24. The van der Waals surface area contributed by atoms with Gasteiger partial charge in [0.15, 0.2) is 0 Å². The van der Waals surface area contributed by atoms with E-state index in [0.29, 0.717) is 0 Å². The Morgan fingerprint density at radius 3 is 2.50 bits per heavy atom. The number of nitrogens with one attached hydrogen (secondary N) is 1. The van der Waals surface area contributed by atoms with Crippen LogP contribution in [0.4, 0.5) is 5.69 Å². The Morgan fingerprint density at radius 2 is 1.93 bits per heavy atom. The highest BCUT2D eigenvalue weighted by Gasteiger charge is 2.39. The molecule has 2 aliphatic rings. The highest BCUT2D eigenvalue weighted by atomic mass is 15.0. The molecule has 3 rings (SSSR count). The Balaban J connectivity index is 1.86. The average Bonchev–Trinajstić information content (AvgIpc) is 2.80. The minimum absolute atomic E-state index is 0.726. The third-order valence-electron chi connectivity index (χ3n) is 3.66. The average molecular weight is 188 g/mol. The first kappa shape index (κ1) is 8.30. The molecule has 2 unspecified atom stereocenters. The third-order valence-corrected chi connectivity index (χ3v) is 3.66. The zero-order chi connectivity index (χ0) is 9.54. The smallest absolute Gasteiger partial charge is 0.0314 e. The molecule has 1 aromatic rings. The fraction of sp³-hybridized carbons (Fsp3) is 0.500. The SMILES string of the molecule is Nc1ccc([C@H]2CC3CCC2N3)cc1. The Hall–Kier alpha value is -1.02. The van der Waals surface area contributed by atoms with Crippen molar-refractivity contribution in [2.24, 2.45) is 0 Å². The van der Waals surface area contributed by atoms with E-state index in [-0.39, 0.29) is 0 Å². The lowest BCUT2D eigenvalue weighted by atomic mass is 9.84. The predicted molar refractivity (Wildman–Crippen MR) is 58.2 cm³/mol. The quantitative estimate of drug-likeness (QED) is 0.660. The van der Waals surface area contributed by atoms with E-state index in [1.54, 1.807) is 0 Å². The van der Waals surface area contributed by atoms with Crippen molar-refractivity contribution in [3.8, 4) is 0 Å². The number of nitrogens with two attached hydrogens (primary N) is 1. The van der Waals surface area contributed by atoms with Gasteiger partial charge in [-0.15, -0.1) is 0 Å². The van der Waals surface area contributed by atoms with Gasteiger partial charge < -0.3 is 11.1 Å². The second-order valence-electron chi connectivity index (χ2n) is 4.56. The number of rotatable bonds is 1. The molecule has 0 spiro atoms. The molecule has 2 heteroatoms. The van der Waals surface area contributed by atoms with Gasteiger partial charge in [-0.05, 0) is 37.0 Å². The standard InChI is InChI=1S/C12H16N2/c13-9-3-1-8(2-4-9)11-7-10-5-6-12(11)14-10/h1-4,10-12,14H,5-7,13H2/t10?,11-,12?/m1/s1. The number of hydrogen-bond donors (Lipinski definition) is 2. The fourth-order valence-electron chi connectivity index (χ4n) is 2.94. The Morgan fingerprint density at radius 1 is 1.14 bits per heavy atom. The molecule has 2 saturated heterocycles. The summed E-state index contributed by atoms with van der Waals surface area (Å²) in [6.07, 6.45) is 4.03. The van der Waals surface area contributed by atoms with E-state index in [2.05, 4.69) is 17.4 Å². The number of nitrogen functional groups attached to an aromatic ring is 1. The Labute approximate surface area is 84.5 Å². The molecule has 0 saturated carbocycles. The van der Waals surface area contributed by atoms with Crippen LogP contribution in [0.25, 0.3) is 0 Å². The minimum Gasteiger partial charge on any atom is -0.399 e. The van der Waals surface area contributed by atoms with Crippen LogP contribution in [-0.4, -0.2) is 12.1 Å². The molecule has 2 aliphatic heterocycles. The van der Waals surface area contributed by atoms with Crippen molar-refractivity contribution >= 4 is 5.69 Å². The summed E-state index contributed by atoms with van der Waals surface area (Å²) >= 11 is 0. The topological polar surface area (TPSA) is 38.0 Å². The maximum atomic E-state index is 5.69. The van der Waals surface area contributed by atoms with E-state index in [1.165, 1.54) is 24.8 Å². The number of hydrogen-bond acceptors (Lipinski definition) is 2. The van der Waals surface area contributed by atoms with E-state index in [9.17, 15) is 0 Å². The molecule has 2 nitrogen and oxygen atoms in total. The van der Waals surface area contributed by atoms with Crippen LogP contribution in [0.3, 0.4) is 0 Å². The van der Waals surface area contributed by atoms with Gasteiger partial charge >= 0.3 is 0 Å². The molecule has 2 fully saturated rings. The highest BCUT2D eigenvalue weighted by molar-refractivity contribution is 5.41. The van der Waals surface area contributed by atoms with Crippen LogP contribution < -0.4 is 11.1 Å². The van der Waals surface area contributed by atoms with Crippen molar-refractivity contribution in [1.82, 2.24) is 5.32 Å². The van der Waals surface area contributed by atoms with Gasteiger partial charge in [-0.25, -0.2) is 0 Å². The summed E-state index contributed by atoms with van der Waals surface area (Å²) in [7, 11) is 0. The van der Waals surface area contributed by atoms with Crippen molar-refractivity contribution in [3.05, 3.63) is 29.8 Å². The number of benzene rings is 1. The van der Waals surface area contributed by atoms with Gasteiger partial charge in [-0.3, -0.25) is 0 Å². The lowest BCUT2D eigenvalue weighted by Crippen LogP contribution is -2.21. The molecule has 0 radical (unpaired) electrons. The molecule has 2 bridgehead atoms. The summed E-state index contributed by atoms with van der Waals surface area (Å²) in [5.74, 6) is 0.731. The van der Waals surface area contributed by atoms with Crippen LogP contribution in [0.15, 0.2) is 24.3 Å². The normalized spacial score (nSPS) is 35.0. The van der Waals surface area contributed by atoms with Crippen molar-refractivity contribution in [3.63, 3.8) is 0 Å². The lowest BCUT2D eigenvalue weighted by molar-refractivity contribution is 0.506. The van der Waals surface area contributed by atoms with Gasteiger partial charge in [-0.1, -0.05) is 12.1 Å². The van der Waals surface area contributed by atoms with E-state index in [1.807, 2.05) is 12.1 Å². The molecule has 1 aromatic carbocycles. The van der Waals surface area contributed by atoms with E-state index >= 15 is 0 Å². The fourth-order valence-corrected chi connectivity index (χ4v) is 2.94. The van der Waals surface area contributed by atoms with Crippen molar-refractivity contribution in [1.29, 1.82) is 0 Å². The van der Waals surface area contributed by atoms with Crippen LogP contribution >= 0.6 is 0 Å². The van der Waals surface area contributed by atoms with Gasteiger partial charge in [0.05, 0.1) is 0 Å². The van der Waals surface area contributed by atoms with Gasteiger partial charge in [0.25, 0.3) is 0 Å². The zero-order valence-electron chi connectivity index (χ0n) is 8.24. The summed E-state index contributed by atoms with van der Waals surface area (Å²) in [5, 5.41) is 3.66. The van der Waals surface area contributed by atoms with Gasteiger partial charge in [0.1, 0.15) is 0 Å². The lowest BCUT2D eigenvalue weighted by Gasteiger charge is -2.20. The third kappa shape index (κ3) is 1.22. The molecular formula is C12H16N2. The van der Waals surface area contributed by atoms with Crippen LogP contribution in [0, 0.1) is 0 Å².